The van der Waals surface area contributed by atoms with E-state index in [0.717, 1.165) is 45.1 Å². The van der Waals surface area contributed by atoms with E-state index in [4.69, 9.17) is 4.74 Å². The zero-order chi connectivity index (χ0) is 16.2. The lowest BCUT2D eigenvalue weighted by Crippen LogP contribution is -1.98. The van der Waals surface area contributed by atoms with Crippen LogP contribution in [0.25, 0.3) is 0 Å². The van der Waals surface area contributed by atoms with E-state index in [1.54, 1.807) is 7.11 Å². The molecule has 2 aliphatic rings. The van der Waals surface area contributed by atoms with Gasteiger partial charge >= 0.3 is 0 Å². The molecule has 0 amide bonds. The molecular weight excluding hydrogens is 270 g/mol. The summed E-state index contributed by atoms with van der Waals surface area (Å²) in [5.74, 6) is 0. The van der Waals surface area contributed by atoms with Gasteiger partial charge in [-0.3, -0.25) is 4.99 Å². The molecule has 2 nitrogen and oxygen atoms in total. The Morgan fingerprint density at radius 1 is 1.27 bits per heavy atom. The van der Waals surface area contributed by atoms with E-state index in [0.29, 0.717) is 0 Å². The van der Waals surface area contributed by atoms with Crippen molar-refractivity contribution in [3.8, 4) is 0 Å². The maximum Gasteiger partial charge on any atom is 0.0462 e. The van der Waals surface area contributed by atoms with E-state index in [9.17, 15) is 0 Å². The minimum Gasteiger partial charge on any atom is -0.385 e. The van der Waals surface area contributed by atoms with Crippen molar-refractivity contribution < 1.29 is 4.74 Å². The monoisotopic (exact) mass is 301 g/mol. The molecule has 2 rings (SSSR count). The molecule has 0 atom stereocenters. The number of allylic oxidation sites excluding steroid dienone is 6. The van der Waals surface area contributed by atoms with Crippen LogP contribution < -0.4 is 0 Å². The molecule has 122 valence electrons. The summed E-state index contributed by atoms with van der Waals surface area (Å²) in [6.07, 6.45) is 16.4. The first-order valence-corrected chi connectivity index (χ1v) is 8.57. The minimum atomic E-state index is 0.857. The molecule has 0 spiro atoms. The second-order valence-electron chi connectivity index (χ2n) is 5.52. The van der Waals surface area contributed by atoms with Gasteiger partial charge in [0.2, 0.25) is 0 Å². The fourth-order valence-corrected chi connectivity index (χ4v) is 2.57. The van der Waals surface area contributed by atoms with Crippen molar-refractivity contribution >= 4 is 5.71 Å². The standard InChI is InChI=1S/C18H25NO.C2H6/c1-15(7-5-6-12-20-2)10-11-18-13-17(14-19-18)16-8-3-4-9-16;1-2/h3,8-9,14H,1,4-7,10-13H2,2H3;1-2H3. The summed E-state index contributed by atoms with van der Waals surface area (Å²) in [7, 11) is 1.76. The van der Waals surface area contributed by atoms with Gasteiger partial charge in [-0.2, -0.15) is 0 Å². The smallest absolute Gasteiger partial charge is 0.0462 e. The Kier molecular flexibility index (Phi) is 9.49. The van der Waals surface area contributed by atoms with Gasteiger partial charge in [0.15, 0.2) is 0 Å². The molecule has 0 aromatic rings. The van der Waals surface area contributed by atoms with E-state index in [1.807, 2.05) is 20.0 Å². The quantitative estimate of drug-likeness (QED) is 0.391. The van der Waals surface area contributed by atoms with E-state index < -0.39 is 0 Å². The second kappa shape index (κ2) is 11.2. The molecule has 0 saturated heterocycles. The Bertz CT molecular complexity index is 466. The van der Waals surface area contributed by atoms with Crippen LogP contribution in [-0.4, -0.2) is 19.4 Å². The zero-order valence-electron chi connectivity index (χ0n) is 14.5. The van der Waals surface area contributed by atoms with Crippen LogP contribution in [0.5, 0.6) is 0 Å². The number of hydrogen-bond donors (Lipinski definition) is 0. The average molecular weight is 301 g/mol. The van der Waals surface area contributed by atoms with Crippen molar-refractivity contribution in [1.29, 1.82) is 0 Å². The molecule has 0 radical (unpaired) electrons. The van der Waals surface area contributed by atoms with Crippen LogP contribution in [0.3, 0.4) is 0 Å². The molecule has 0 N–H and O–H groups in total. The average Bonchev–Trinajstić information content (AvgIpc) is 3.22. The molecule has 0 aromatic heterocycles. The van der Waals surface area contributed by atoms with Gasteiger partial charge in [0, 0.05) is 32.0 Å². The van der Waals surface area contributed by atoms with Gasteiger partial charge in [0.05, 0.1) is 0 Å². The molecule has 0 saturated carbocycles. The van der Waals surface area contributed by atoms with Crippen LogP contribution in [0.15, 0.2) is 52.7 Å². The van der Waals surface area contributed by atoms with Gasteiger partial charge in [0.25, 0.3) is 0 Å². The summed E-state index contributed by atoms with van der Waals surface area (Å²) < 4.78 is 5.06. The SMILES string of the molecule is C=C(CCCCOC)CCC1=NC=C(C2=CCC=C2)C1.CC. The first kappa shape index (κ1) is 18.6. The number of unbranched alkanes of at least 4 members (excludes halogenated alkanes) is 1. The summed E-state index contributed by atoms with van der Waals surface area (Å²) in [6, 6.07) is 0. The summed E-state index contributed by atoms with van der Waals surface area (Å²) in [6.45, 7) is 9.03. The van der Waals surface area contributed by atoms with Gasteiger partial charge in [-0.25, -0.2) is 0 Å². The Morgan fingerprint density at radius 3 is 2.77 bits per heavy atom. The highest BCUT2D eigenvalue weighted by Crippen LogP contribution is 2.27. The Morgan fingerprint density at radius 2 is 2.09 bits per heavy atom. The number of nitrogens with zero attached hydrogens (tertiary/aromatic N) is 1. The molecule has 0 bridgehead atoms. The number of aliphatic imine (C=N–C) groups is 1. The van der Waals surface area contributed by atoms with Crippen molar-refractivity contribution in [1.82, 2.24) is 0 Å². The molecular formula is C20H31NO. The summed E-state index contributed by atoms with van der Waals surface area (Å²) in [5, 5.41) is 0. The third-order valence-electron chi connectivity index (χ3n) is 3.84. The largest absolute Gasteiger partial charge is 0.385 e. The molecule has 0 fully saturated rings. The van der Waals surface area contributed by atoms with Crippen molar-refractivity contribution in [2.45, 2.75) is 58.8 Å². The van der Waals surface area contributed by atoms with Gasteiger partial charge < -0.3 is 4.74 Å². The Labute approximate surface area is 136 Å². The zero-order valence-corrected chi connectivity index (χ0v) is 14.5. The maximum absolute atomic E-state index is 5.06. The van der Waals surface area contributed by atoms with Gasteiger partial charge in [-0.05, 0) is 49.7 Å². The molecule has 22 heavy (non-hydrogen) atoms. The summed E-state index contributed by atoms with van der Waals surface area (Å²) in [4.78, 5) is 4.56. The normalized spacial score (nSPS) is 15.9. The number of ether oxygens (including phenoxy) is 1. The fourth-order valence-electron chi connectivity index (χ4n) is 2.57. The Balaban J connectivity index is 0.00000116. The molecule has 1 aliphatic carbocycles. The highest BCUT2D eigenvalue weighted by molar-refractivity contribution is 5.90. The highest BCUT2D eigenvalue weighted by Gasteiger charge is 2.13. The maximum atomic E-state index is 5.06. The highest BCUT2D eigenvalue weighted by atomic mass is 16.5. The van der Waals surface area contributed by atoms with E-state index in [1.165, 1.54) is 28.9 Å². The second-order valence-corrected chi connectivity index (χ2v) is 5.52. The van der Waals surface area contributed by atoms with E-state index >= 15 is 0 Å². The van der Waals surface area contributed by atoms with Crippen LogP contribution in [-0.2, 0) is 4.74 Å². The third kappa shape index (κ3) is 6.57. The van der Waals surface area contributed by atoms with Crippen LogP contribution in [0.1, 0.15) is 58.8 Å². The predicted molar refractivity (Wildman–Crippen MR) is 97.4 cm³/mol. The minimum absolute atomic E-state index is 0.857. The molecule has 0 aromatic carbocycles. The van der Waals surface area contributed by atoms with Gasteiger partial charge in [0.1, 0.15) is 0 Å². The Hall–Kier alpha value is -1.41. The predicted octanol–water partition coefficient (Wildman–Crippen LogP) is 5.78. The van der Waals surface area contributed by atoms with Crippen LogP contribution >= 0.6 is 0 Å². The van der Waals surface area contributed by atoms with Gasteiger partial charge in [-0.15, -0.1) is 0 Å². The topological polar surface area (TPSA) is 21.6 Å². The lowest BCUT2D eigenvalue weighted by molar-refractivity contribution is 0.193. The van der Waals surface area contributed by atoms with E-state index in [-0.39, 0.29) is 0 Å². The number of methoxy groups -OCH3 is 1. The van der Waals surface area contributed by atoms with Crippen LogP contribution in [0, 0.1) is 0 Å². The first-order valence-electron chi connectivity index (χ1n) is 8.57. The van der Waals surface area contributed by atoms with Crippen molar-refractivity contribution in [3.05, 3.63) is 47.7 Å². The fraction of sp³-hybridized carbons (Fsp3) is 0.550. The molecule has 1 aliphatic heterocycles. The number of hydrogen-bond acceptors (Lipinski definition) is 2. The van der Waals surface area contributed by atoms with Crippen LogP contribution in [0.4, 0.5) is 0 Å². The van der Waals surface area contributed by atoms with Crippen molar-refractivity contribution in [3.63, 3.8) is 0 Å². The van der Waals surface area contributed by atoms with Crippen molar-refractivity contribution in [2.75, 3.05) is 13.7 Å². The summed E-state index contributed by atoms with van der Waals surface area (Å²) in [5.41, 5.74) is 5.39. The third-order valence-corrected chi connectivity index (χ3v) is 3.84. The number of rotatable bonds is 9. The summed E-state index contributed by atoms with van der Waals surface area (Å²) >= 11 is 0. The molecule has 2 heteroatoms. The van der Waals surface area contributed by atoms with Gasteiger partial charge in [-0.1, -0.05) is 44.2 Å². The van der Waals surface area contributed by atoms with Crippen molar-refractivity contribution in [2.24, 2.45) is 4.99 Å². The molecule has 0 unspecified atom stereocenters. The molecule has 1 heterocycles. The lowest BCUT2D eigenvalue weighted by atomic mass is 9.99. The first-order chi connectivity index (χ1) is 10.8. The van der Waals surface area contributed by atoms with Crippen LogP contribution in [0.2, 0.25) is 0 Å². The lowest BCUT2D eigenvalue weighted by Gasteiger charge is -2.06. The van der Waals surface area contributed by atoms with E-state index in [2.05, 4.69) is 29.8 Å².